The summed E-state index contributed by atoms with van der Waals surface area (Å²) in [7, 11) is 0. The number of anilines is 1. The summed E-state index contributed by atoms with van der Waals surface area (Å²) in [6, 6.07) is 12.5. The average Bonchev–Trinajstić information content (AvgIpc) is 3.39. The van der Waals surface area contributed by atoms with E-state index in [1.807, 2.05) is 25.1 Å². The van der Waals surface area contributed by atoms with E-state index in [1.165, 1.54) is 10.4 Å². The Kier molecular flexibility index (Phi) is 6.05. The highest BCUT2D eigenvalue weighted by Gasteiger charge is 2.49. The topological polar surface area (TPSA) is 54.3 Å². The molecule has 5 nitrogen and oxygen atoms in total. The van der Waals surface area contributed by atoms with E-state index in [-0.39, 0.29) is 17.9 Å². The molecule has 2 aliphatic rings. The second-order valence-corrected chi connectivity index (χ2v) is 11.5. The third kappa shape index (κ3) is 3.86. The first-order valence-corrected chi connectivity index (χ1v) is 13.5. The molecule has 1 fully saturated rings. The van der Waals surface area contributed by atoms with Crippen molar-refractivity contribution in [2.24, 2.45) is 5.92 Å². The van der Waals surface area contributed by atoms with Crippen molar-refractivity contribution >= 4 is 39.1 Å². The molecule has 1 N–H and O–H groups in total. The Bertz CT molecular complexity index is 1220. The maximum atomic E-state index is 14.0. The van der Waals surface area contributed by atoms with Crippen molar-refractivity contribution in [1.29, 1.82) is 0 Å². The van der Waals surface area contributed by atoms with E-state index in [4.69, 9.17) is 0 Å². The highest BCUT2D eigenvalue weighted by Crippen LogP contribution is 2.39. The Morgan fingerprint density at radius 2 is 1.79 bits per heavy atom. The summed E-state index contributed by atoms with van der Waals surface area (Å²) in [4.78, 5) is 31.0. The van der Waals surface area contributed by atoms with E-state index >= 15 is 0 Å². The summed E-state index contributed by atoms with van der Waals surface area (Å²) in [5.41, 5.74) is 2.71. The number of amides is 2. The predicted octanol–water partition coefficient (Wildman–Crippen LogP) is 5.94. The molecule has 2 aromatic heterocycles. The number of carbonyl (C=O) groups excluding carboxylic acids is 2. The van der Waals surface area contributed by atoms with Crippen LogP contribution in [-0.4, -0.2) is 28.0 Å². The smallest absolute Gasteiger partial charge is 0.275 e. The molecule has 180 valence electrons. The van der Waals surface area contributed by atoms with Crippen LogP contribution in [0, 0.1) is 5.92 Å². The van der Waals surface area contributed by atoms with E-state index in [0.717, 1.165) is 60.3 Å². The summed E-state index contributed by atoms with van der Waals surface area (Å²) >= 11 is 1.74. The second kappa shape index (κ2) is 8.88. The maximum Gasteiger partial charge on any atom is 0.275 e. The van der Waals surface area contributed by atoms with E-state index in [2.05, 4.69) is 48.9 Å². The molecule has 1 aliphatic carbocycles. The molecule has 1 aromatic carbocycles. The number of thiophene rings is 1. The van der Waals surface area contributed by atoms with Gasteiger partial charge in [-0.05, 0) is 81.2 Å². The van der Waals surface area contributed by atoms with Crippen LogP contribution in [0.2, 0.25) is 0 Å². The highest BCUT2D eigenvalue weighted by molar-refractivity contribution is 7.19. The van der Waals surface area contributed by atoms with Gasteiger partial charge in [-0.15, -0.1) is 11.3 Å². The van der Waals surface area contributed by atoms with Gasteiger partial charge in [0.1, 0.15) is 11.2 Å². The number of carbonyl (C=O) groups is 2. The van der Waals surface area contributed by atoms with Crippen LogP contribution in [0.4, 0.5) is 5.69 Å². The minimum atomic E-state index is -1.01. The van der Waals surface area contributed by atoms with Gasteiger partial charge in [0, 0.05) is 16.6 Å². The van der Waals surface area contributed by atoms with Gasteiger partial charge in [0.15, 0.2) is 0 Å². The SMILES string of the molecule is CCc1ccc(N2C(=O)c3cc4sc(CC)cc4n3C[C@@]2(C)C(=O)NC2CCC(C)CC2)cc1. The molecule has 5 rings (SSSR count). The number of hydrogen-bond acceptors (Lipinski definition) is 3. The van der Waals surface area contributed by atoms with Crippen LogP contribution in [0.3, 0.4) is 0 Å². The first kappa shape index (κ1) is 23.2. The Morgan fingerprint density at radius 1 is 1.09 bits per heavy atom. The lowest BCUT2D eigenvalue weighted by Crippen LogP contribution is -2.65. The fourth-order valence-corrected chi connectivity index (χ4v) is 6.57. The fraction of sp³-hybridized carbons (Fsp3) is 0.500. The average molecular weight is 478 g/mol. The van der Waals surface area contributed by atoms with Crippen molar-refractivity contribution in [2.45, 2.75) is 84.3 Å². The molecule has 1 aliphatic heterocycles. The number of rotatable bonds is 5. The molecule has 0 radical (unpaired) electrons. The number of aryl methyl sites for hydroxylation is 2. The lowest BCUT2D eigenvalue weighted by atomic mass is 9.86. The number of nitrogens with one attached hydrogen (secondary N) is 1. The van der Waals surface area contributed by atoms with Crippen LogP contribution in [0.25, 0.3) is 10.2 Å². The first-order valence-electron chi connectivity index (χ1n) is 12.7. The van der Waals surface area contributed by atoms with Crippen molar-refractivity contribution in [2.75, 3.05) is 4.90 Å². The van der Waals surface area contributed by atoms with Crippen molar-refractivity contribution in [1.82, 2.24) is 9.88 Å². The Balaban J connectivity index is 1.56. The highest BCUT2D eigenvalue weighted by atomic mass is 32.1. The van der Waals surface area contributed by atoms with Gasteiger partial charge in [-0.3, -0.25) is 14.5 Å². The zero-order valence-electron chi connectivity index (χ0n) is 20.7. The molecule has 0 bridgehead atoms. The normalized spacial score (nSPS) is 24.9. The lowest BCUT2D eigenvalue weighted by molar-refractivity contribution is -0.127. The number of benzene rings is 1. The molecule has 3 heterocycles. The molecule has 0 unspecified atom stereocenters. The van der Waals surface area contributed by atoms with Crippen LogP contribution in [0.1, 0.15) is 74.3 Å². The van der Waals surface area contributed by atoms with Crippen molar-refractivity contribution in [3.8, 4) is 0 Å². The third-order valence-corrected chi connectivity index (χ3v) is 9.03. The largest absolute Gasteiger partial charge is 0.351 e. The van der Waals surface area contributed by atoms with Crippen molar-refractivity contribution < 1.29 is 9.59 Å². The van der Waals surface area contributed by atoms with E-state index < -0.39 is 5.54 Å². The molecule has 2 amide bonds. The van der Waals surface area contributed by atoms with Gasteiger partial charge in [0.2, 0.25) is 5.91 Å². The van der Waals surface area contributed by atoms with E-state index in [9.17, 15) is 9.59 Å². The van der Waals surface area contributed by atoms with E-state index in [0.29, 0.717) is 12.2 Å². The van der Waals surface area contributed by atoms with Crippen LogP contribution in [0.15, 0.2) is 36.4 Å². The Labute approximate surface area is 206 Å². The van der Waals surface area contributed by atoms with Crippen LogP contribution < -0.4 is 10.2 Å². The van der Waals surface area contributed by atoms with E-state index in [1.54, 1.807) is 16.2 Å². The minimum Gasteiger partial charge on any atom is -0.351 e. The molecule has 6 heteroatoms. The summed E-state index contributed by atoms with van der Waals surface area (Å²) in [6.45, 7) is 8.93. The maximum absolute atomic E-state index is 14.0. The van der Waals surface area contributed by atoms with Crippen molar-refractivity contribution in [3.05, 3.63) is 52.5 Å². The molecular weight excluding hydrogens is 442 g/mol. The van der Waals surface area contributed by atoms with Crippen LogP contribution in [0.5, 0.6) is 0 Å². The molecule has 1 atom stereocenters. The van der Waals surface area contributed by atoms with Gasteiger partial charge < -0.3 is 9.88 Å². The minimum absolute atomic E-state index is 0.0570. The van der Waals surface area contributed by atoms with Crippen LogP contribution in [-0.2, 0) is 24.2 Å². The molecule has 1 saturated carbocycles. The number of fused-ring (bicyclic) bond motifs is 3. The molecule has 3 aromatic rings. The zero-order chi connectivity index (χ0) is 24.0. The summed E-state index contributed by atoms with van der Waals surface area (Å²) in [5.74, 6) is 0.556. The fourth-order valence-electron chi connectivity index (χ4n) is 5.53. The Hall–Kier alpha value is -2.60. The molecule has 0 spiro atoms. The van der Waals surface area contributed by atoms with Gasteiger partial charge in [-0.25, -0.2) is 0 Å². The molecular formula is C28H35N3O2S. The Morgan fingerprint density at radius 3 is 2.44 bits per heavy atom. The second-order valence-electron chi connectivity index (χ2n) is 10.3. The summed E-state index contributed by atoms with van der Waals surface area (Å²) in [6.07, 6.45) is 6.19. The molecule has 34 heavy (non-hydrogen) atoms. The lowest BCUT2D eigenvalue weighted by Gasteiger charge is -2.45. The third-order valence-electron chi connectivity index (χ3n) is 7.81. The monoisotopic (exact) mass is 477 g/mol. The quantitative estimate of drug-likeness (QED) is 0.494. The predicted molar refractivity (Wildman–Crippen MR) is 140 cm³/mol. The first-order chi connectivity index (χ1) is 16.3. The van der Waals surface area contributed by atoms with Gasteiger partial charge in [-0.1, -0.05) is 32.9 Å². The number of nitrogens with zero attached hydrogens (tertiary/aromatic N) is 2. The van der Waals surface area contributed by atoms with Crippen molar-refractivity contribution in [3.63, 3.8) is 0 Å². The van der Waals surface area contributed by atoms with Gasteiger partial charge in [0.25, 0.3) is 5.91 Å². The number of hydrogen-bond donors (Lipinski definition) is 1. The van der Waals surface area contributed by atoms with Gasteiger partial charge >= 0.3 is 0 Å². The summed E-state index contributed by atoms with van der Waals surface area (Å²) in [5, 5.41) is 3.34. The zero-order valence-corrected chi connectivity index (χ0v) is 21.5. The van der Waals surface area contributed by atoms with Gasteiger partial charge in [0.05, 0.1) is 16.8 Å². The number of aromatic nitrogens is 1. The molecule has 0 saturated heterocycles. The summed E-state index contributed by atoms with van der Waals surface area (Å²) < 4.78 is 3.19. The standard InChI is InChI=1S/C28H35N3O2S/c1-5-19-9-13-21(14-10-19)31-26(32)24-16-25-23(15-22(6-2)34-25)30(24)17-28(31,4)27(33)29-20-11-7-18(3)8-12-20/h9-10,13-16,18,20H,5-8,11-12,17H2,1-4H3,(H,29,33)/t18?,20?,28-/m0/s1. The van der Waals surface area contributed by atoms with Gasteiger partial charge in [-0.2, -0.15) is 0 Å². The van der Waals surface area contributed by atoms with Crippen LogP contribution >= 0.6 is 11.3 Å².